The first-order chi connectivity index (χ1) is 16.6. The predicted molar refractivity (Wildman–Crippen MR) is 126 cm³/mol. The fraction of sp³-hybridized carbons (Fsp3) is 0.741. The van der Waals surface area contributed by atoms with Gasteiger partial charge < -0.3 is 19.7 Å². The monoisotopic (exact) mass is 470 g/mol. The summed E-state index contributed by atoms with van der Waals surface area (Å²) in [6, 6.07) is 9.14. The van der Waals surface area contributed by atoms with Gasteiger partial charge in [0.2, 0.25) is 11.6 Å². The molecular formula is C27H38N2O5. The first kappa shape index (κ1) is 22.8. The van der Waals surface area contributed by atoms with Crippen LogP contribution in [0.3, 0.4) is 0 Å². The van der Waals surface area contributed by atoms with Crippen LogP contribution in [0, 0.1) is 23.7 Å². The van der Waals surface area contributed by atoms with Gasteiger partial charge in [-0.3, -0.25) is 0 Å². The van der Waals surface area contributed by atoms with E-state index in [0.29, 0.717) is 30.7 Å². The quantitative estimate of drug-likeness (QED) is 0.591. The summed E-state index contributed by atoms with van der Waals surface area (Å²) in [7, 11) is 0. The van der Waals surface area contributed by atoms with Crippen molar-refractivity contribution in [1.82, 2.24) is 10.2 Å². The van der Waals surface area contributed by atoms with Crippen LogP contribution in [0.4, 0.5) is 4.79 Å². The minimum absolute atomic E-state index is 0.261. The highest BCUT2D eigenvalue weighted by atomic mass is 17.3. The second-order valence-corrected chi connectivity index (χ2v) is 11.2. The largest absolute Gasteiger partial charge is 0.415 e. The molecule has 1 N–H and O–H groups in total. The number of para-hydroxylation sites is 1. The van der Waals surface area contributed by atoms with Crippen LogP contribution >= 0.6 is 0 Å². The lowest BCUT2D eigenvalue weighted by molar-refractivity contribution is -0.390. The van der Waals surface area contributed by atoms with Crippen LogP contribution in [-0.4, -0.2) is 48.7 Å². The number of hydrogen-bond donors (Lipinski definition) is 1. The lowest BCUT2D eigenvalue weighted by atomic mass is 9.53. The van der Waals surface area contributed by atoms with E-state index in [-0.39, 0.29) is 17.7 Å². The second-order valence-electron chi connectivity index (χ2n) is 11.2. The average Bonchev–Trinajstić information content (AvgIpc) is 3.23. The van der Waals surface area contributed by atoms with Gasteiger partial charge in [0.15, 0.2) is 0 Å². The highest BCUT2D eigenvalue weighted by Crippen LogP contribution is 2.63. The molecule has 34 heavy (non-hydrogen) atoms. The van der Waals surface area contributed by atoms with Gasteiger partial charge >= 0.3 is 6.09 Å². The number of benzene rings is 1. The van der Waals surface area contributed by atoms with Crippen molar-refractivity contribution in [2.75, 3.05) is 26.2 Å². The van der Waals surface area contributed by atoms with E-state index in [0.717, 1.165) is 37.8 Å². The Morgan fingerprint density at radius 3 is 2.18 bits per heavy atom. The van der Waals surface area contributed by atoms with Crippen LogP contribution in [0.2, 0.25) is 0 Å². The number of rotatable bonds is 1. The van der Waals surface area contributed by atoms with Gasteiger partial charge in [-0.25, -0.2) is 4.79 Å². The predicted octanol–water partition coefficient (Wildman–Crippen LogP) is 4.87. The van der Waals surface area contributed by atoms with E-state index >= 15 is 0 Å². The lowest BCUT2D eigenvalue weighted by Crippen LogP contribution is -2.59. The van der Waals surface area contributed by atoms with Crippen LogP contribution < -0.4 is 10.1 Å². The molecule has 0 radical (unpaired) electrons. The van der Waals surface area contributed by atoms with Gasteiger partial charge in [0.25, 0.3) is 0 Å². The number of amides is 1. The van der Waals surface area contributed by atoms with Crippen LogP contribution in [0.5, 0.6) is 5.75 Å². The topological polar surface area (TPSA) is 69.3 Å². The maximum Gasteiger partial charge on any atom is 0.415 e. The smallest absolute Gasteiger partial charge is 0.410 e. The zero-order valence-electron chi connectivity index (χ0n) is 20.1. The molecule has 2 aliphatic heterocycles. The number of carbonyl (C=O) groups excluding carboxylic acids is 1. The number of nitrogens with zero attached hydrogens (tertiary/aromatic N) is 1. The molecule has 0 atom stereocenters. The highest BCUT2D eigenvalue weighted by molar-refractivity contribution is 5.70. The molecule has 7 heteroatoms. The molecule has 1 aromatic rings. The minimum Gasteiger partial charge on any atom is -0.410 e. The molecule has 5 aliphatic carbocycles. The Morgan fingerprint density at radius 1 is 0.882 bits per heavy atom. The molecule has 7 fully saturated rings. The van der Waals surface area contributed by atoms with Crippen LogP contribution in [0.15, 0.2) is 30.3 Å². The van der Waals surface area contributed by atoms with Gasteiger partial charge in [0.1, 0.15) is 5.75 Å². The molecule has 2 saturated heterocycles. The molecule has 7 nitrogen and oxygen atoms in total. The molecule has 2 spiro atoms. The van der Waals surface area contributed by atoms with Crippen molar-refractivity contribution < 1.29 is 24.0 Å². The Morgan fingerprint density at radius 2 is 1.53 bits per heavy atom. The van der Waals surface area contributed by atoms with E-state index < -0.39 is 0 Å². The molecule has 5 saturated carbocycles. The number of ether oxygens (including phenoxy) is 2. The molecule has 4 bridgehead atoms. The van der Waals surface area contributed by atoms with Crippen LogP contribution in [0.25, 0.3) is 0 Å². The Kier molecular flexibility index (Phi) is 6.31. The third kappa shape index (κ3) is 4.36. The molecule has 1 aromatic carbocycles. The minimum atomic E-state index is -0.381. The first-order valence-corrected chi connectivity index (χ1v) is 13.4. The van der Waals surface area contributed by atoms with Crippen LogP contribution in [0.1, 0.15) is 64.2 Å². The Labute approximate surface area is 202 Å². The standard InChI is InChI=1S/C16H24O3.C11H14N2O2/c1-2-4-15(5-3-1)17-16(19-18-15)13-7-11-6-12(9-13)10-14(16)8-11;14-11(13-8-6-12-7-9-13)15-10-4-2-1-3-5-10/h11-14H,1-10H2;1-5,12H,6-9H2. The fourth-order valence-corrected chi connectivity index (χ4v) is 7.39. The highest BCUT2D eigenvalue weighted by Gasteiger charge is 2.66. The number of hydrogen-bond acceptors (Lipinski definition) is 6. The summed E-state index contributed by atoms with van der Waals surface area (Å²) < 4.78 is 11.8. The van der Waals surface area contributed by atoms with Gasteiger partial charge in [-0.15, -0.1) is 0 Å². The maximum atomic E-state index is 11.6. The molecule has 7 aliphatic rings. The average molecular weight is 471 g/mol. The first-order valence-electron chi connectivity index (χ1n) is 13.4. The summed E-state index contributed by atoms with van der Waals surface area (Å²) >= 11 is 0. The SMILES string of the molecule is C1CCC2(CC1)OOC1(O2)C2CC3CC(C2)CC1C3.O=C(Oc1ccccc1)N1CCNCC1. The van der Waals surface area contributed by atoms with E-state index in [9.17, 15) is 4.79 Å². The number of piperazine rings is 1. The van der Waals surface area contributed by atoms with Gasteiger partial charge in [0, 0.05) is 50.9 Å². The summed E-state index contributed by atoms with van der Waals surface area (Å²) in [4.78, 5) is 25.2. The zero-order chi connectivity index (χ0) is 23.0. The Balaban J connectivity index is 0.000000132. The van der Waals surface area contributed by atoms with E-state index in [1.165, 1.54) is 51.4 Å². The van der Waals surface area contributed by atoms with E-state index in [2.05, 4.69) is 5.32 Å². The van der Waals surface area contributed by atoms with E-state index in [4.69, 9.17) is 19.2 Å². The molecule has 1 amide bonds. The molecule has 0 unspecified atom stereocenters. The van der Waals surface area contributed by atoms with Crippen molar-refractivity contribution >= 4 is 6.09 Å². The summed E-state index contributed by atoms with van der Waals surface area (Å²) in [5.41, 5.74) is 0. The van der Waals surface area contributed by atoms with Crippen molar-refractivity contribution in [2.45, 2.75) is 75.8 Å². The summed E-state index contributed by atoms with van der Waals surface area (Å²) in [6.07, 6.45) is 12.3. The van der Waals surface area contributed by atoms with Gasteiger partial charge in [-0.2, -0.15) is 9.78 Å². The Bertz CT molecular complexity index is 822. The van der Waals surface area contributed by atoms with Gasteiger partial charge in [-0.1, -0.05) is 24.6 Å². The number of carbonyl (C=O) groups is 1. The third-order valence-electron chi connectivity index (χ3n) is 8.88. The van der Waals surface area contributed by atoms with Crippen molar-refractivity contribution in [1.29, 1.82) is 0 Å². The van der Waals surface area contributed by atoms with Crippen molar-refractivity contribution in [3.63, 3.8) is 0 Å². The normalized spacial score (nSPS) is 37.5. The molecule has 2 heterocycles. The molecule has 0 aromatic heterocycles. The lowest BCUT2D eigenvalue weighted by Gasteiger charge is -2.57. The fourth-order valence-electron chi connectivity index (χ4n) is 7.39. The zero-order valence-corrected chi connectivity index (χ0v) is 20.1. The molecule has 8 rings (SSSR count). The van der Waals surface area contributed by atoms with Gasteiger partial charge in [-0.05, 0) is 68.9 Å². The van der Waals surface area contributed by atoms with Crippen molar-refractivity contribution in [2.24, 2.45) is 23.7 Å². The van der Waals surface area contributed by atoms with Crippen LogP contribution in [-0.2, 0) is 14.5 Å². The van der Waals surface area contributed by atoms with Crippen molar-refractivity contribution in [3.8, 4) is 5.75 Å². The summed E-state index contributed by atoms with van der Waals surface area (Å²) in [5.74, 6) is 2.96. The second kappa shape index (κ2) is 9.41. The van der Waals surface area contributed by atoms with Gasteiger partial charge in [0.05, 0.1) is 0 Å². The van der Waals surface area contributed by atoms with E-state index in [1.54, 1.807) is 17.0 Å². The Hall–Kier alpha value is -1.67. The van der Waals surface area contributed by atoms with Crippen molar-refractivity contribution in [3.05, 3.63) is 30.3 Å². The third-order valence-corrected chi connectivity index (χ3v) is 8.88. The van der Waals surface area contributed by atoms with E-state index in [1.807, 2.05) is 18.2 Å². The number of nitrogens with one attached hydrogen (secondary N) is 1. The maximum absolute atomic E-state index is 11.6. The molecular weight excluding hydrogens is 432 g/mol. The summed E-state index contributed by atoms with van der Waals surface area (Å²) in [6.45, 7) is 3.10. The molecule has 186 valence electrons. The summed E-state index contributed by atoms with van der Waals surface area (Å²) in [5, 5.41) is 3.18.